The van der Waals surface area contributed by atoms with E-state index in [4.69, 9.17) is 14.3 Å². The van der Waals surface area contributed by atoms with Gasteiger partial charge < -0.3 is 24.1 Å². The molecule has 0 aliphatic carbocycles. The lowest BCUT2D eigenvalue weighted by atomic mass is 9.83. The highest BCUT2D eigenvalue weighted by molar-refractivity contribution is 5.91. The summed E-state index contributed by atoms with van der Waals surface area (Å²) >= 11 is 0. The van der Waals surface area contributed by atoms with Crippen LogP contribution >= 0.6 is 0 Å². The van der Waals surface area contributed by atoms with Crippen LogP contribution in [0.15, 0.2) is 16.5 Å². The van der Waals surface area contributed by atoms with Gasteiger partial charge in [0.2, 0.25) is 5.91 Å². The minimum atomic E-state index is -0.120. The molecule has 1 aromatic rings. The molecule has 7 nitrogen and oxygen atoms in total. The number of amides is 2. The van der Waals surface area contributed by atoms with Gasteiger partial charge in [-0.3, -0.25) is 9.59 Å². The van der Waals surface area contributed by atoms with Crippen molar-refractivity contribution in [2.24, 2.45) is 5.92 Å². The number of methoxy groups -OCH3 is 1. The van der Waals surface area contributed by atoms with Crippen LogP contribution in [0, 0.1) is 5.92 Å². The molecule has 3 rings (SSSR count). The van der Waals surface area contributed by atoms with Crippen molar-refractivity contribution >= 4 is 11.8 Å². The van der Waals surface area contributed by atoms with Crippen LogP contribution in [0.4, 0.5) is 0 Å². The molecule has 0 unspecified atom stereocenters. The number of hydrogen-bond donors (Lipinski definition) is 1. The highest BCUT2D eigenvalue weighted by atomic mass is 16.6. The second-order valence-electron chi connectivity index (χ2n) is 6.75. The van der Waals surface area contributed by atoms with Crippen molar-refractivity contribution < 1.29 is 23.8 Å². The third-order valence-electron chi connectivity index (χ3n) is 5.23. The van der Waals surface area contributed by atoms with Gasteiger partial charge in [-0.2, -0.15) is 0 Å². The summed E-state index contributed by atoms with van der Waals surface area (Å²) in [6.07, 6.45) is 3.69. The number of hydrogen-bond acceptors (Lipinski definition) is 5. The summed E-state index contributed by atoms with van der Waals surface area (Å²) in [5.74, 6) is 1.01. The summed E-state index contributed by atoms with van der Waals surface area (Å²) in [6, 6.07) is 3.48. The molecule has 1 aromatic heterocycles. The number of furan rings is 1. The van der Waals surface area contributed by atoms with Crippen molar-refractivity contribution in [3.05, 3.63) is 17.9 Å². The normalized spacial score (nSPS) is 23.5. The molecule has 2 aliphatic heterocycles. The van der Waals surface area contributed by atoms with E-state index >= 15 is 0 Å². The van der Waals surface area contributed by atoms with Crippen LogP contribution in [0.2, 0.25) is 0 Å². The summed E-state index contributed by atoms with van der Waals surface area (Å²) in [6.45, 7) is 2.12. The fourth-order valence-electron chi connectivity index (χ4n) is 3.92. The van der Waals surface area contributed by atoms with E-state index in [2.05, 4.69) is 0 Å². The average molecular weight is 350 g/mol. The molecular weight excluding hydrogens is 324 g/mol. The minimum Gasteiger partial charge on any atom is -0.468 e. The van der Waals surface area contributed by atoms with Crippen molar-refractivity contribution in [2.45, 2.75) is 38.1 Å². The zero-order valence-corrected chi connectivity index (χ0v) is 14.6. The van der Waals surface area contributed by atoms with Crippen LogP contribution < -0.4 is 4.74 Å². The van der Waals surface area contributed by atoms with Crippen LogP contribution in [0.1, 0.15) is 42.7 Å². The lowest BCUT2D eigenvalue weighted by Gasteiger charge is -2.47. The van der Waals surface area contributed by atoms with Gasteiger partial charge >= 0.3 is 0 Å². The molecule has 2 amide bonds. The second-order valence-corrected chi connectivity index (χ2v) is 6.75. The number of fused-ring (bicyclic) bond motifs is 1. The maximum atomic E-state index is 12.6. The van der Waals surface area contributed by atoms with Gasteiger partial charge in [-0.05, 0) is 37.7 Å². The Balaban J connectivity index is 1.63. The SMILES string of the molecule is COc1ccc(C(=O)N2CC[C@@H]3[C@@H](CCC(=O)N3CCCCO)C2)o1. The number of carbonyl (C=O) groups is 2. The van der Waals surface area contributed by atoms with E-state index in [1.807, 2.05) is 9.80 Å². The standard InChI is InChI=1S/C18H26N2O5/c1-24-17-7-5-15(25-17)18(23)19-10-8-14-13(12-19)4-6-16(22)20(14)9-2-3-11-21/h5,7,13-14,21H,2-4,6,8-12H2,1H3/t13-,14+/m0/s1. The average Bonchev–Trinajstić information content (AvgIpc) is 3.12. The van der Waals surface area contributed by atoms with E-state index < -0.39 is 0 Å². The zero-order valence-electron chi connectivity index (χ0n) is 14.6. The van der Waals surface area contributed by atoms with Crippen LogP contribution in [0.3, 0.4) is 0 Å². The Hall–Kier alpha value is -2.02. The Morgan fingerprint density at radius 3 is 2.92 bits per heavy atom. The number of carbonyl (C=O) groups excluding carboxylic acids is 2. The molecule has 2 fully saturated rings. The molecule has 0 aromatic carbocycles. The first kappa shape index (κ1) is 17.8. The predicted molar refractivity (Wildman–Crippen MR) is 90.3 cm³/mol. The van der Waals surface area contributed by atoms with E-state index in [-0.39, 0.29) is 24.5 Å². The van der Waals surface area contributed by atoms with E-state index in [1.165, 1.54) is 7.11 Å². The smallest absolute Gasteiger partial charge is 0.289 e. The summed E-state index contributed by atoms with van der Waals surface area (Å²) in [5, 5.41) is 8.95. The zero-order chi connectivity index (χ0) is 17.8. The molecule has 0 saturated carbocycles. The lowest BCUT2D eigenvalue weighted by molar-refractivity contribution is -0.140. The highest BCUT2D eigenvalue weighted by Crippen LogP contribution is 2.32. The second kappa shape index (κ2) is 7.91. The van der Waals surface area contributed by atoms with Crippen LogP contribution in [0.25, 0.3) is 0 Å². The molecule has 2 atom stereocenters. The van der Waals surface area contributed by atoms with Crippen molar-refractivity contribution in [3.8, 4) is 5.95 Å². The first-order valence-electron chi connectivity index (χ1n) is 8.97. The number of likely N-dealkylation sites (tertiary alicyclic amines) is 2. The number of piperidine rings is 2. The third-order valence-corrected chi connectivity index (χ3v) is 5.23. The molecule has 7 heteroatoms. The van der Waals surface area contributed by atoms with Crippen molar-refractivity contribution in [3.63, 3.8) is 0 Å². The van der Waals surface area contributed by atoms with Crippen molar-refractivity contribution in [1.82, 2.24) is 9.80 Å². The summed E-state index contributed by atoms with van der Waals surface area (Å²) in [5.41, 5.74) is 0. The fourth-order valence-corrected chi connectivity index (χ4v) is 3.92. The summed E-state index contributed by atoms with van der Waals surface area (Å²) in [4.78, 5) is 28.7. The van der Waals surface area contributed by atoms with E-state index in [0.717, 1.165) is 19.3 Å². The van der Waals surface area contributed by atoms with Crippen molar-refractivity contribution in [1.29, 1.82) is 0 Å². The number of aliphatic hydroxyl groups excluding tert-OH is 1. The van der Waals surface area contributed by atoms with Gasteiger partial charge in [-0.15, -0.1) is 0 Å². The van der Waals surface area contributed by atoms with Crippen LogP contribution in [-0.4, -0.2) is 66.1 Å². The molecule has 138 valence electrons. The molecule has 0 bridgehead atoms. The Morgan fingerprint density at radius 1 is 1.36 bits per heavy atom. The van der Waals surface area contributed by atoms with Gasteiger partial charge in [0, 0.05) is 44.8 Å². The number of rotatable bonds is 6. The van der Waals surface area contributed by atoms with Crippen LogP contribution in [-0.2, 0) is 4.79 Å². The fraction of sp³-hybridized carbons (Fsp3) is 0.667. The number of aliphatic hydroxyl groups is 1. The van der Waals surface area contributed by atoms with Gasteiger partial charge in [0.15, 0.2) is 5.76 Å². The Bertz CT molecular complexity index is 614. The van der Waals surface area contributed by atoms with E-state index in [1.54, 1.807) is 12.1 Å². The molecule has 2 saturated heterocycles. The summed E-state index contributed by atoms with van der Waals surface area (Å²) in [7, 11) is 1.50. The predicted octanol–water partition coefficient (Wildman–Crippen LogP) is 1.51. The monoisotopic (exact) mass is 350 g/mol. The topological polar surface area (TPSA) is 83.2 Å². The molecule has 0 spiro atoms. The molecule has 0 radical (unpaired) electrons. The Morgan fingerprint density at radius 2 is 2.20 bits per heavy atom. The number of unbranched alkanes of at least 4 members (excludes halogenated alkanes) is 1. The molecule has 3 heterocycles. The van der Waals surface area contributed by atoms with E-state index in [9.17, 15) is 9.59 Å². The van der Waals surface area contributed by atoms with Gasteiger partial charge in [0.05, 0.1) is 7.11 Å². The maximum Gasteiger partial charge on any atom is 0.289 e. The van der Waals surface area contributed by atoms with Gasteiger partial charge in [0.25, 0.3) is 11.9 Å². The number of nitrogens with zero attached hydrogens (tertiary/aromatic N) is 2. The van der Waals surface area contributed by atoms with Crippen molar-refractivity contribution in [2.75, 3.05) is 33.4 Å². The number of ether oxygens (including phenoxy) is 1. The Kier molecular flexibility index (Phi) is 5.63. The quantitative estimate of drug-likeness (QED) is 0.787. The lowest BCUT2D eigenvalue weighted by Crippen LogP contribution is -2.57. The van der Waals surface area contributed by atoms with Crippen LogP contribution in [0.5, 0.6) is 5.95 Å². The van der Waals surface area contributed by atoms with E-state index in [0.29, 0.717) is 50.1 Å². The molecule has 1 N–H and O–H groups in total. The molecular formula is C18H26N2O5. The third kappa shape index (κ3) is 3.81. The minimum absolute atomic E-state index is 0.120. The molecule has 2 aliphatic rings. The van der Waals surface area contributed by atoms with Gasteiger partial charge in [-0.1, -0.05) is 0 Å². The van der Waals surface area contributed by atoms with Gasteiger partial charge in [0.1, 0.15) is 0 Å². The first-order valence-corrected chi connectivity index (χ1v) is 8.97. The largest absolute Gasteiger partial charge is 0.468 e. The Labute approximate surface area is 147 Å². The maximum absolute atomic E-state index is 12.6. The van der Waals surface area contributed by atoms with Gasteiger partial charge in [-0.25, -0.2) is 0 Å². The highest BCUT2D eigenvalue weighted by Gasteiger charge is 2.40. The first-order chi connectivity index (χ1) is 12.1. The molecule has 25 heavy (non-hydrogen) atoms. The summed E-state index contributed by atoms with van der Waals surface area (Å²) < 4.78 is 10.4.